The number of thioether (sulfide) groups is 1. The minimum atomic E-state index is 0. The maximum absolute atomic E-state index is 4.70. The molecular weight excluding hydrogens is 463 g/mol. The third-order valence-corrected chi connectivity index (χ3v) is 6.18. The summed E-state index contributed by atoms with van der Waals surface area (Å²) in [6.45, 7) is 4.56. The van der Waals surface area contributed by atoms with Crippen molar-refractivity contribution in [3.63, 3.8) is 0 Å². The molecule has 0 spiro atoms. The summed E-state index contributed by atoms with van der Waals surface area (Å²) >= 11 is 3.74. The summed E-state index contributed by atoms with van der Waals surface area (Å²) in [6, 6.07) is 10.3. The van der Waals surface area contributed by atoms with Gasteiger partial charge in [-0.15, -0.1) is 35.3 Å². The van der Waals surface area contributed by atoms with Gasteiger partial charge in [0.2, 0.25) is 0 Å². The van der Waals surface area contributed by atoms with Crippen LogP contribution in [0, 0.1) is 0 Å². The number of guanidine groups is 1. The first-order chi connectivity index (χ1) is 11.8. The van der Waals surface area contributed by atoms with Crippen molar-refractivity contribution in [2.45, 2.75) is 31.6 Å². The molecule has 0 saturated carbocycles. The van der Waals surface area contributed by atoms with E-state index in [-0.39, 0.29) is 24.0 Å². The van der Waals surface area contributed by atoms with Gasteiger partial charge < -0.3 is 10.6 Å². The molecule has 1 saturated heterocycles. The second kappa shape index (κ2) is 11.0. The summed E-state index contributed by atoms with van der Waals surface area (Å²) < 4.78 is 0. The van der Waals surface area contributed by atoms with Crippen LogP contribution in [0.5, 0.6) is 0 Å². The highest BCUT2D eigenvalue weighted by atomic mass is 127. The number of aliphatic imine (C=N–C) groups is 1. The van der Waals surface area contributed by atoms with Crippen LogP contribution in [0.4, 0.5) is 0 Å². The zero-order valence-electron chi connectivity index (χ0n) is 14.4. The lowest BCUT2D eigenvalue weighted by Crippen LogP contribution is -2.40. The summed E-state index contributed by atoms with van der Waals surface area (Å²) in [5, 5.41) is 10.7. The van der Waals surface area contributed by atoms with E-state index in [9.17, 15) is 0 Å². The van der Waals surface area contributed by atoms with E-state index in [0.29, 0.717) is 6.54 Å². The van der Waals surface area contributed by atoms with E-state index in [2.05, 4.69) is 51.8 Å². The molecule has 4 nitrogen and oxygen atoms in total. The third-order valence-electron chi connectivity index (χ3n) is 3.84. The maximum Gasteiger partial charge on any atom is 0.191 e. The summed E-state index contributed by atoms with van der Waals surface area (Å²) in [4.78, 5) is 9.38. The molecule has 3 rings (SSSR count). The van der Waals surface area contributed by atoms with Gasteiger partial charge >= 0.3 is 0 Å². The van der Waals surface area contributed by atoms with E-state index < -0.39 is 0 Å². The first kappa shape index (κ1) is 20.5. The summed E-state index contributed by atoms with van der Waals surface area (Å²) in [7, 11) is 0. The molecule has 1 fully saturated rings. The van der Waals surface area contributed by atoms with Gasteiger partial charge in [-0.1, -0.05) is 30.3 Å². The van der Waals surface area contributed by atoms with Crippen molar-refractivity contribution in [1.82, 2.24) is 15.6 Å². The van der Waals surface area contributed by atoms with Gasteiger partial charge in [0, 0.05) is 29.3 Å². The Morgan fingerprint density at radius 3 is 2.84 bits per heavy atom. The predicted molar refractivity (Wildman–Crippen MR) is 121 cm³/mol. The summed E-state index contributed by atoms with van der Waals surface area (Å²) in [5.74, 6) is 2.18. The molecule has 0 amide bonds. The molecule has 0 bridgehead atoms. The van der Waals surface area contributed by atoms with Gasteiger partial charge in [0.1, 0.15) is 5.01 Å². The standard InChI is InChI=1S/C18H24N4S2.HI/c1-2-19-18(21-12-16-9-6-10-23-16)20-11-15-13-24-17(22-15)14-7-4-3-5-8-14;/h3-5,7-8,13,16H,2,6,9-12H2,1H3,(H2,19,20,21);1H. The van der Waals surface area contributed by atoms with Crippen molar-refractivity contribution >= 4 is 53.0 Å². The number of hydrogen-bond donors (Lipinski definition) is 2. The Labute approximate surface area is 175 Å². The first-order valence-electron chi connectivity index (χ1n) is 8.48. The predicted octanol–water partition coefficient (Wildman–Crippen LogP) is 4.38. The summed E-state index contributed by atoms with van der Waals surface area (Å²) in [6.07, 6.45) is 2.65. The lowest BCUT2D eigenvalue weighted by atomic mass is 10.2. The highest BCUT2D eigenvalue weighted by Gasteiger charge is 2.15. The molecule has 25 heavy (non-hydrogen) atoms. The minimum Gasteiger partial charge on any atom is -0.357 e. The molecule has 1 aliphatic heterocycles. The first-order valence-corrected chi connectivity index (χ1v) is 10.4. The Balaban J connectivity index is 0.00000225. The number of rotatable bonds is 6. The normalized spacial score (nSPS) is 17.2. The van der Waals surface area contributed by atoms with Crippen LogP contribution in [-0.4, -0.2) is 35.0 Å². The van der Waals surface area contributed by atoms with Crippen molar-refractivity contribution in [1.29, 1.82) is 0 Å². The van der Waals surface area contributed by atoms with E-state index in [4.69, 9.17) is 4.98 Å². The number of aromatic nitrogens is 1. The van der Waals surface area contributed by atoms with E-state index in [1.54, 1.807) is 11.3 Å². The molecule has 7 heteroatoms. The van der Waals surface area contributed by atoms with Crippen LogP contribution in [0.3, 0.4) is 0 Å². The fraction of sp³-hybridized carbons (Fsp3) is 0.444. The molecule has 2 heterocycles. The molecule has 1 aliphatic rings. The quantitative estimate of drug-likeness (QED) is 0.360. The zero-order chi connectivity index (χ0) is 16.6. The number of thiazole rings is 1. The van der Waals surface area contributed by atoms with Crippen LogP contribution < -0.4 is 10.6 Å². The second-order valence-electron chi connectivity index (χ2n) is 5.72. The highest BCUT2D eigenvalue weighted by molar-refractivity contribution is 14.0. The topological polar surface area (TPSA) is 49.3 Å². The monoisotopic (exact) mass is 488 g/mol. The minimum absolute atomic E-state index is 0. The van der Waals surface area contributed by atoms with Crippen LogP contribution in [0.1, 0.15) is 25.5 Å². The SMILES string of the molecule is CCNC(=NCc1csc(-c2ccccc2)n1)NCC1CCCS1.I. The van der Waals surface area contributed by atoms with Crippen molar-refractivity contribution < 1.29 is 0 Å². The van der Waals surface area contributed by atoms with Gasteiger partial charge in [-0.3, -0.25) is 0 Å². The Kier molecular flexibility index (Phi) is 9.05. The largest absolute Gasteiger partial charge is 0.357 e. The fourth-order valence-corrected chi connectivity index (χ4v) is 4.63. The number of nitrogens with one attached hydrogen (secondary N) is 2. The Hall–Kier alpha value is -0.800. The van der Waals surface area contributed by atoms with Crippen molar-refractivity contribution in [3.05, 3.63) is 41.4 Å². The van der Waals surface area contributed by atoms with E-state index >= 15 is 0 Å². The van der Waals surface area contributed by atoms with Crippen molar-refractivity contribution in [2.24, 2.45) is 4.99 Å². The molecule has 1 atom stereocenters. The lowest BCUT2D eigenvalue weighted by molar-refractivity contribution is 0.726. The van der Waals surface area contributed by atoms with Gasteiger partial charge in [0.25, 0.3) is 0 Å². The van der Waals surface area contributed by atoms with Gasteiger partial charge in [-0.05, 0) is 25.5 Å². The third kappa shape index (κ3) is 6.45. The second-order valence-corrected chi connectivity index (χ2v) is 7.99. The van der Waals surface area contributed by atoms with Crippen molar-refractivity contribution in [3.8, 4) is 10.6 Å². The number of halogens is 1. The Bertz CT molecular complexity index is 654. The summed E-state index contributed by atoms with van der Waals surface area (Å²) in [5.41, 5.74) is 2.19. The maximum atomic E-state index is 4.70. The molecule has 2 aromatic rings. The highest BCUT2D eigenvalue weighted by Crippen LogP contribution is 2.25. The van der Waals surface area contributed by atoms with Gasteiger partial charge in [-0.2, -0.15) is 11.8 Å². The van der Waals surface area contributed by atoms with Crippen LogP contribution in [-0.2, 0) is 6.54 Å². The smallest absolute Gasteiger partial charge is 0.191 e. The number of hydrogen-bond acceptors (Lipinski definition) is 4. The Morgan fingerprint density at radius 2 is 2.12 bits per heavy atom. The van der Waals surface area contributed by atoms with E-state index in [1.165, 1.54) is 24.2 Å². The lowest BCUT2D eigenvalue weighted by Gasteiger charge is -2.14. The molecule has 1 aromatic heterocycles. The molecular formula is C18H25IN4S2. The van der Waals surface area contributed by atoms with E-state index in [0.717, 1.165) is 35.0 Å². The Morgan fingerprint density at radius 1 is 1.28 bits per heavy atom. The molecule has 2 N–H and O–H groups in total. The molecule has 0 radical (unpaired) electrons. The van der Waals surface area contributed by atoms with E-state index in [1.807, 2.05) is 18.2 Å². The van der Waals surface area contributed by atoms with Crippen LogP contribution in [0.25, 0.3) is 10.6 Å². The molecule has 0 aliphatic carbocycles. The molecule has 136 valence electrons. The molecule has 1 unspecified atom stereocenters. The average molecular weight is 488 g/mol. The fourth-order valence-electron chi connectivity index (χ4n) is 2.61. The van der Waals surface area contributed by atoms with Crippen LogP contribution in [0.15, 0.2) is 40.7 Å². The molecule has 1 aromatic carbocycles. The number of nitrogens with zero attached hydrogens (tertiary/aromatic N) is 2. The van der Waals surface area contributed by atoms with Gasteiger partial charge in [-0.25, -0.2) is 9.98 Å². The zero-order valence-corrected chi connectivity index (χ0v) is 18.4. The average Bonchev–Trinajstić information content (AvgIpc) is 3.30. The van der Waals surface area contributed by atoms with Crippen molar-refractivity contribution in [2.75, 3.05) is 18.8 Å². The van der Waals surface area contributed by atoms with Crippen LogP contribution in [0.2, 0.25) is 0 Å². The van der Waals surface area contributed by atoms with Gasteiger partial charge in [0.05, 0.1) is 12.2 Å². The van der Waals surface area contributed by atoms with Crippen LogP contribution >= 0.6 is 47.1 Å². The van der Waals surface area contributed by atoms with Gasteiger partial charge in [0.15, 0.2) is 5.96 Å². The number of benzene rings is 1.